The number of carboxylic acids is 1. The summed E-state index contributed by atoms with van der Waals surface area (Å²) in [6.45, 7) is 0.0210. The zero-order valence-electron chi connectivity index (χ0n) is 12.1. The fraction of sp³-hybridized carbons (Fsp3) is 0.176. The number of hydrogen-bond donors (Lipinski definition) is 1. The van der Waals surface area contributed by atoms with E-state index in [1.54, 1.807) is 12.1 Å². The number of aliphatic carboxylic acids is 1. The molecule has 0 radical (unpaired) electrons. The number of rotatable bonds is 3. The van der Waals surface area contributed by atoms with E-state index >= 15 is 0 Å². The number of amides is 1. The number of fused-ring (bicyclic) bond motifs is 1. The maximum Gasteiger partial charge on any atom is 0.415 e. The van der Waals surface area contributed by atoms with Crippen LogP contribution in [0.25, 0.3) is 0 Å². The van der Waals surface area contributed by atoms with Gasteiger partial charge >= 0.3 is 12.1 Å². The summed E-state index contributed by atoms with van der Waals surface area (Å²) in [6, 6.07) is 11.8. The van der Waals surface area contributed by atoms with Crippen LogP contribution in [-0.4, -0.2) is 23.2 Å². The molecular weight excluding hydrogens is 301 g/mol. The van der Waals surface area contributed by atoms with E-state index in [0.29, 0.717) is 5.56 Å². The molecule has 1 heterocycles. The molecule has 1 atom stereocenters. The summed E-state index contributed by atoms with van der Waals surface area (Å²) in [4.78, 5) is 24.7. The molecule has 0 aliphatic carbocycles. The first-order valence-electron chi connectivity index (χ1n) is 7.07. The molecule has 0 aromatic heterocycles. The summed E-state index contributed by atoms with van der Waals surface area (Å²) in [5.74, 6) is -1.69. The van der Waals surface area contributed by atoms with Crippen LogP contribution in [0.5, 0.6) is 0 Å². The molecular formula is C17H14FNO4. The van der Waals surface area contributed by atoms with Gasteiger partial charge in [0, 0.05) is 6.42 Å². The van der Waals surface area contributed by atoms with Crippen LogP contribution >= 0.6 is 0 Å². The number of hydrogen-bond acceptors (Lipinski definition) is 3. The second kappa shape index (κ2) is 6.08. The highest BCUT2D eigenvalue weighted by Crippen LogP contribution is 2.33. The zero-order chi connectivity index (χ0) is 16.4. The highest BCUT2D eigenvalue weighted by molar-refractivity contribution is 5.98. The fourth-order valence-corrected chi connectivity index (χ4v) is 2.61. The fourth-order valence-electron chi connectivity index (χ4n) is 2.61. The number of ether oxygens (including phenoxy) is 1. The van der Waals surface area contributed by atoms with Gasteiger partial charge in [-0.05, 0) is 23.3 Å². The normalized spacial score (nSPS) is 16.0. The lowest BCUT2D eigenvalue weighted by molar-refractivity contribution is -0.138. The summed E-state index contributed by atoms with van der Waals surface area (Å²) in [5, 5.41) is 9.32. The van der Waals surface area contributed by atoms with E-state index in [4.69, 9.17) is 4.74 Å². The quantitative estimate of drug-likeness (QED) is 0.945. The Morgan fingerprint density at radius 1 is 1.22 bits per heavy atom. The largest absolute Gasteiger partial charge is 0.480 e. The van der Waals surface area contributed by atoms with Gasteiger partial charge in [0.05, 0.1) is 5.69 Å². The number of anilines is 1. The lowest BCUT2D eigenvalue weighted by atomic mass is 10.1. The van der Waals surface area contributed by atoms with Crippen LogP contribution in [0.15, 0.2) is 48.5 Å². The molecule has 2 aromatic carbocycles. The van der Waals surface area contributed by atoms with Gasteiger partial charge < -0.3 is 9.84 Å². The number of carboxylic acid groups (broad SMARTS) is 1. The van der Waals surface area contributed by atoms with Gasteiger partial charge in [0.2, 0.25) is 0 Å². The van der Waals surface area contributed by atoms with Crippen LogP contribution in [0.4, 0.5) is 14.9 Å². The standard InChI is InChI=1S/C17H14FNO4/c18-13-7-6-12-8-15(16(20)21)19(14(12)9-13)17(22)23-10-11-4-2-1-3-5-11/h1-7,9,15H,8,10H2,(H,20,21)/t15-/m0/s1. The van der Waals surface area contributed by atoms with Crippen molar-refractivity contribution in [3.05, 3.63) is 65.5 Å². The van der Waals surface area contributed by atoms with Gasteiger partial charge in [-0.2, -0.15) is 0 Å². The van der Waals surface area contributed by atoms with Crippen LogP contribution in [0.3, 0.4) is 0 Å². The monoisotopic (exact) mass is 315 g/mol. The van der Waals surface area contributed by atoms with Crippen molar-refractivity contribution in [2.24, 2.45) is 0 Å². The van der Waals surface area contributed by atoms with Crippen molar-refractivity contribution in [3.8, 4) is 0 Å². The van der Waals surface area contributed by atoms with Gasteiger partial charge in [-0.15, -0.1) is 0 Å². The molecule has 1 amide bonds. The molecule has 3 rings (SSSR count). The third kappa shape index (κ3) is 3.01. The van der Waals surface area contributed by atoms with E-state index in [0.717, 1.165) is 16.5 Å². The van der Waals surface area contributed by atoms with Crippen LogP contribution < -0.4 is 4.90 Å². The van der Waals surface area contributed by atoms with E-state index in [9.17, 15) is 19.1 Å². The molecule has 1 aliphatic heterocycles. The van der Waals surface area contributed by atoms with E-state index in [1.807, 2.05) is 18.2 Å². The summed E-state index contributed by atoms with van der Waals surface area (Å²) >= 11 is 0. The van der Waals surface area contributed by atoms with Crippen molar-refractivity contribution < 1.29 is 23.8 Å². The van der Waals surface area contributed by atoms with E-state index < -0.39 is 23.9 Å². The minimum absolute atomic E-state index is 0.0210. The third-order valence-corrected chi connectivity index (χ3v) is 3.72. The van der Waals surface area contributed by atoms with Gasteiger partial charge in [0.25, 0.3) is 0 Å². The Bertz CT molecular complexity index is 748. The third-order valence-electron chi connectivity index (χ3n) is 3.72. The number of benzene rings is 2. The smallest absolute Gasteiger partial charge is 0.415 e. The molecule has 0 bridgehead atoms. The maximum absolute atomic E-state index is 13.5. The topological polar surface area (TPSA) is 66.8 Å². The predicted molar refractivity (Wildman–Crippen MR) is 80.6 cm³/mol. The van der Waals surface area contributed by atoms with Crippen LogP contribution in [0, 0.1) is 5.82 Å². The Labute approximate surface area is 131 Å². The Morgan fingerprint density at radius 2 is 1.96 bits per heavy atom. The van der Waals surface area contributed by atoms with Crippen LogP contribution in [0.1, 0.15) is 11.1 Å². The molecule has 0 spiro atoms. The second-order valence-corrected chi connectivity index (χ2v) is 5.24. The first-order valence-corrected chi connectivity index (χ1v) is 7.07. The Balaban J connectivity index is 1.82. The van der Waals surface area contributed by atoms with Crippen molar-refractivity contribution in [2.75, 3.05) is 4.90 Å². The number of halogens is 1. The van der Waals surface area contributed by atoms with Crippen molar-refractivity contribution >= 4 is 17.7 Å². The zero-order valence-corrected chi connectivity index (χ0v) is 12.1. The second-order valence-electron chi connectivity index (χ2n) is 5.24. The summed E-state index contributed by atoms with van der Waals surface area (Å²) in [7, 11) is 0. The van der Waals surface area contributed by atoms with Gasteiger partial charge in [-0.1, -0.05) is 36.4 Å². The number of nitrogens with zero attached hydrogens (tertiary/aromatic N) is 1. The molecule has 1 aliphatic rings. The molecule has 118 valence electrons. The van der Waals surface area contributed by atoms with E-state index in [-0.39, 0.29) is 18.7 Å². The Morgan fingerprint density at radius 3 is 2.65 bits per heavy atom. The Kier molecular flexibility index (Phi) is 3.97. The molecule has 0 unspecified atom stereocenters. The van der Waals surface area contributed by atoms with Crippen molar-refractivity contribution in [3.63, 3.8) is 0 Å². The molecule has 23 heavy (non-hydrogen) atoms. The number of carbonyl (C=O) groups is 2. The van der Waals surface area contributed by atoms with Gasteiger partial charge in [0.1, 0.15) is 18.5 Å². The molecule has 6 heteroatoms. The average Bonchev–Trinajstić information content (AvgIpc) is 2.92. The van der Waals surface area contributed by atoms with Gasteiger partial charge in [-0.25, -0.2) is 14.0 Å². The van der Waals surface area contributed by atoms with Gasteiger partial charge in [-0.3, -0.25) is 4.90 Å². The SMILES string of the molecule is O=C(O)[C@@H]1Cc2ccc(F)cc2N1C(=O)OCc1ccccc1. The van der Waals surface area contributed by atoms with E-state index in [2.05, 4.69) is 0 Å². The number of carbonyl (C=O) groups excluding carboxylic acids is 1. The molecule has 0 saturated carbocycles. The van der Waals surface area contributed by atoms with Crippen LogP contribution in [0.2, 0.25) is 0 Å². The lowest BCUT2D eigenvalue weighted by Gasteiger charge is -2.22. The van der Waals surface area contributed by atoms with Gasteiger partial charge in [0.15, 0.2) is 0 Å². The molecule has 0 fully saturated rings. The average molecular weight is 315 g/mol. The molecule has 5 nitrogen and oxygen atoms in total. The first kappa shape index (κ1) is 15.0. The first-order chi connectivity index (χ1) is 11.1. The summed E-state index contributed by atoms with van der Waals surface area (Å²) in [6.07, 6.45) is -0.670. The summed E-state index contributed by atoms with van der Waals surface area (Å²) in [5.41, 5.74) is 1.64. The maximum atomic E-state index is 13.5. The molecule has 1 N–H and O–H groups in total. The van der Waals surface area contributed by atoms with Crippen molar-refractivity contribution in [2.45, 2.75) is 19.1 Å². The highest BCUT2D eigenvalue weighted by Gasteiger charge is 2.39. The van der Waals surface area contributed by atoms with E-state index in [1.165, 1.54) is 12.1 Å². The predicted octanol–water partition coefficient (Wildman–Crippen LogP) is 2.98. The highest BCUT2D eigenvalue weighted by atomic mass is 19.1. The minimum Gasteiger partial charge on any atom is -0.480 e. The molecule has 2 aromatic rings. The van der Waals surface area contributed by atoms with Crippen molar-refractivity contribution in [1.82, 2.24) is 0 Å². The minimum atomic E-state index is -1.15. The van der Waals surface area contributed by atoms with Crippen molar-refractivity contribution in [1.29, 1.82) is 0 Å². The Hall–Kier alpha value is -2.89. The summed E-state index contributed by atoms with van der Waals surface area (Å²) < 4.78 is 18.6. The molecule has 0 saturated heterocycles. The van der Waals surface area contributed by atoms with Crippen LogP contribution in [-0.2, 0) is 22.6 Å². The lowest BCUT2D eigenvalue weighted by Crippen LogP contribution is -2.43.